The summed E-state index contributed by atoms with van der Waals surface area (Å²) in [5, 5.41) is 16.7. The summed E-state index contributed by atoms with van der Waals surface area (Å²) in [6.07, 6.45) is 1.90. The topological polar surface area (TPSA) is 69.2 Å². The number of carbonyl (C=O) groups excluding carboxylic acids is 1. The average Bonchev–Trinajstić information content (AvgIpc) is 2.99. The van der Waals surface area contributed by atoms with Crippen molar-refractivity contribution in [1.29, 1.82) is 0 Å². The second-order valence-electron chi connectivity index (χ2n) is 5.61. The summed E-state index contributed by atoms with van der Waals surface area (Å²) in [6.45, 7) is 3.14. The van der Waals surface area contributed by atoms with Crippen LogP contribution in [0.1, 0.15) is 23.7 Å². The quantitative estimate of drug-likeness (QED) is 0.885. The summed E-state index contributed by atoms with van der Waals surface area (Å²) in [5.41, 5.74) is 2.28. The van der Waals surface area contributed by atoms with Gasteiger partial charge in [-0.25, -0.2) is 0 Å². The van der Waals surface area contributed by atoms with Crippen LogP contribution >= 0.6 is 0 Å². The van der Waals surface area contributed by atoms with E-state index >= 15 is 0 Å². The van der Waals surface area contributed by atoms with Crippen LogP contribution in [0.15, 0.2) is 36.5 Å². The van der Waals surface area contributed by atoms with E-state index < -0.39 is 0 Å². The molecule has 1 aliphatic rings. The van der Waals surface area contributed by atoms with Crippen LogP contribution in [-0.4, -0.2) is 45.3 Å². The number of aliphatic hydroxyl groups excluding tert-OH is 1. The lowest BCUT2D eigenvalue weighted by molar-refractivity contribution is 0.0298. The molecule has 110 valence electrons. The third-order valence-corrected chi connectivity index (χ3v) is 4.08. The van der Waals surface area contributed by atoms with Gasteiger partial charge in [0.05, 0.1) is 23.6 Å². The van der Waals surface area contributed by atoms with Crippen molar-refractivity contribution in [1.82, 2.24) is 15.1 Å². The molecule has 2 atom stereocenters. The van der Waals surface area contributed by atoms with Gasteiger partial charge in [-0.1, -0.05) is 37.3 Å². The van der Waals surface area contributed by atoms with Gasteiger partial charge in [-0.15, -0.1) is 0 Å². The third-order valence-electron chi connectivity index (χ3n) is 4.08. The Morgan fingerprint density at radius 2 is 2.14 bits per heavy atom. The van der Waals surface area contributed by atoms with E-state index in [1.54, 1.807) is 11.1 Å². The lowest BCUT2D eigenvalue weighted by Crippen LogP contribution is -2.45. The number of rotatable bonds is 2. The Hall–Kier alpha value is -2.14. The first-order valence-electron chi connectivity index (χ1n) is 7.23. The van der Waals surface area contributed by atoms with Crippen LogP contribution in [0.4, 0.5) is 0 Å². The van der Waals surface area contributed by atoms with Crippen molar-refractivity contribution in [2.45, 2.75) is 19.4 Å². The second-order valence-corrected chi connectivity index (χ2v) is 5.61. The third kappa shape index (κ3) is 2.69. The van der Waals surface area contributed by atoms with Crippen LogP contribution in [0.25, 0.3) is 11.3 Å². The minimum absolute atomic E-state index is 0.0265. The number of hydrogen-bond donors (Lipinski definition) is 2. The van der Waals surface area contributed by atoms with Crippen LogP contribution < -0.4 is 0 Å². The van der Waals surface area contributed by atoms with Crippen LogP contribution in [0.3, 0.4) is 0 Å². The van der Waals surface area contributed by atoms with Crippen molar-refractivity contribution >= 4 is 5.91 Å². The number of amides is 1. The Morgan fingerprint density at radius 1 is 1.38 bits per heavy atom. The predicted octanol–water partition coefficient (Wildman–Crippen LogP) is 1.92. The number of H-pyrrole nitrogens is 1. The minimum atomic E-state index is -0.313. The maximum absolute atomic E-state index is 12.7. The number of aliphatic hydroxyl groups is 1. The molecule has 1 aromatic heterocycles. The zero-order chi connectivity index (χ0) is 14.8. The molecule has 1 saturated heterocycles. The number of nitrogens with one attached hydrogen (secondary N) is 1. The fourth-order valence-corrected chi connectivity index (χ4v) is 2.76. The van der Waals surface area contributed by atoms with Gasteiger partial charge >= 0.3 is 0 Å². The smallest absolute Gasteiger partial charge is 0.257 e. The van der Waals surface area contributed by atoms with Crippen LogP contribution in [-0.2, 0) is 0 Å². The number of hydrogen-bond acceptors (Lipinski definition) is 3. The fraction of sp³-hybridized carbons (Fsp3) is 0.375. The Morgan fingerprint density at radius 3 is 2.86 bits per heavy atom. The van der Waals surface area contributed by atoms with E-state index in [0.29, 0.717) is 25.1 Å². The number of aromatic amines is 1. The highest BCUT2D eigenvalue weighted by Crippen LogP contribution is 2.24. The molecule has 2 unspecified atom stereocenters. The monoisotopic (exact) mass is 285 g/mol. The van der Waals surface area contributed by atoms with Gasteiger partial charge in [0.25, 0.3) is 5.91 Å². The molecule has 2 aromatic rings. The van der Waals surface area contributed by atoms with Gasteiger partial charge in [-0.2, -0.15) is 5.10 Å². The molecule has 1 aromatic carbocycles. The van der Waals surface area contributed by atoms with E-state index in [1.165, 1.54) is 0 Å². The SMILES string of the molecule is CC1CN(C(=O)c2cn[nH]c2-c2ccccc2)CCC1O. The molecule has 1 amide bonds. The standard InChI is InChI=1S/C16H19N3O2/c1-11-10-19(8-7-14(11)20)16(21)13-9-17-18-15(13)12-5-3-2-4-6-12/h2-6,9,11,14,20H,7-8,10H2,1H3,(H,17,18). The van der Waals surface area contributed by atoms with E-state index in [2.05, 4.69) is 10.2 Å². The number of likely N-dealkylation sites (tertiary alicyclic amines) is 1. The average molecular weight is 285 g/mol. The molecule has 1 fully saturated rings. The first kappa shape index (κ1) is 13.8. The first-order valence-corrected chi connectivity index (χ1v) is 7.23. The zero-order valence-electron chi connectivity index (χ0n) is 12.0. The van der Waals surface area contributed by atoms with E-state index in [0.717, 1.165) is 11.3 Å². The second kappa shape index (κ2) is 5.69. The van der Waals surface area contributed by atoms with Crippen molar-refractivity contribution in [3.63, 3.8) is 0 Å². The predicted molar refractivity (Wildman–Crippen MR) is 79.7 cm³/mol. The molecule has 3 rings (SSSR count). The van der Waals surface area contributed by atoms with Crippen LogP contribution in [0, 0.1) is 5.92 Å². The van der Waals surface area contributed by atoms with Crippen molar-refractivity contribution < 1.29 is 9.90 Å². The van der Waals surface area contributed by atoms with Crippen LogP contribution in [0.2, 0.25) is 0 Å². The van der Waals surface area contributed by atoms with Crippen molar-refractivity contribution in [3.05, 3.63) is 42.1 Å². The minimum Gasteiger partial charge on any atom is -0.393 e. The molecular weight excluding hydrogens is 266 g/mol. The molecule has 2 N–H and O–H groups in total. The highest BCUT2D eigenvalue weighted by atomic mass is 16.3. The molecule has 2 heterocycles. The van der Waals surface area contributed by atoms with E-state index in [1.807, 2.05) is 37.3 Å². The molecular formula is C16H19N3O2. The maximum Gasteiger partial charge on any atom is 0.257 e. The lowest BCUT2D eigenvalue weighted by Gasteiger charge is -2.34. The molecule has 0 saturated carbocycles. The molecule has 5 heteroatoms. The van der Waals surface area contributed by atoms with Gasteiger partial charge in [-0.3, -0.25) is 9.89 Å². The highest BCUT2D eigenvalue weighted by Gasteiger charge is 2.29. The largest absolute Gasteiger partial charge is 0.393 e. The van der Waals surface area contributed by atoms with E-state index in [-0.39, 0.29) is 17.9 Å². The number of piperidine rings is 1. The Bertz CT molecular complexity index is 623. The van der Waals surface area contributed by atoms with Crippen molar-refractivity contribution in [2.24, 2.45) is 5.92 Å². The molecule has 1 aliphatic heterocycles. The molecule has 5 nitrogen and oxygen atoms in total. The normalized spacial score (nSPS) is 22.3. The van der Waals surface area contributed by atoms with Crippen LogP contribution in [0.5, 0.6) is 0 Å². The molecule has 0 radical (unpaired) electrons. The van der Waals surface area contributed by atoms with Crippen molar-refractivity contribution in [3.8, 4) is 11.3 Å². The van der Waals surface area contributed by atoms with E-state index in [9.17, 15) is 9.90 Å². The number of aromatic nitrogens is 2. The van der Waals surface area contributed by atoms with Gasteiger partial charge in [0, 0.05) is 18.7 Å². The lowest BCUT2D eigenvalue weighted by atomic mass is 9.96. The molecule has 0 aliphatic carbocycles. The zero-order valence-corrected chi connectivity index (χ0v) is 12.0. The van der Waals surface area contributed by atoms with E-state index in [4.69, 9.17) is 0 Å². The Balaban J connectivity index is 1.85. The summed E-state index contributed by atoms with van der Waals surface area (Å²) in [7, 11) is 0. The maximum atomic E-state index is 12.7. The summed E-state index contributed by atoms with van der Waals surface area (Å²) < 4.78 is 0. The fourth-order valence-electron chi connectivity index (χ4n) is 2.76. The Kier molecular flexibility index (Phi) is 3.75. The number of benzene rings is 1. The summed E-state index contributed by atoms with van der Waals surface area (Å²) in [6, 6.07) is 9.71. The van der Waals surface area contributed by atoms with Crippen molar-refractivity contribution in [2.75, 3.05) is 13.1 Å². The molecule has 21 heavy (non-hydrogen) atoms. The summed E-state index contributed by atoms with van der Waals surface area (Å²) in [4.78, 5) is 14.5. The first-order chi connectivity index (χ1) is 10.2. The summed E-state index contributed by atoms with van der Waals surface area (Å²) >= 11 is 0. The number of nitrogens with zero attached hydrogens (tertiary/aromatic N) is 2. The van der Waals surface area contributed by atoms with Gasteiger partial charge in [0.1, 0.15) is 0 Å². The molecule has 0 spiro atoms. The van der Waals surface area contributed by atoms with Gasteiger partial charge in [-0.05, 0) is 12.3 Å². The van der Waals surface area contributed by atoms with Gasteiger partial charge in [0.15, 0.2) is 0 Å². The molecule has 0 bridgehead atoms. The number of carbonyl (C=O) groups is 1. The highest BCUT2D eigenvalue weighted by molar-refractivity contribution is 5.99. The summed E-state index contributed by atoms with van der Waals surface area (Å²) in [5.74, 6) is 0.0797. The van der Waals surface area contributed by atoms with Gasteiger partial charge in [0.2, 0.25) is 0 Å². The Labute approximate surface area is 123 Å². The van der Waals surface area contributed by atoms with Gasteiger partial charge < -0.3 is 10.0 Å².